The molecule has 0 aromatic heterocycles. The van der Waals surface area contributed by atoms with E-state index in [0.29, 0.717) is 24.6 Å². The number of amides is 1. The van der Waals surface area contributed by atoms with E-state index in [1.165, 1.54) is 26.2 Å². The lowest BCUT2D eigenvalue weighted by Gasteiger charge is -2.38. The van der Waals surface area contributed by atoms with Gasteiger partial charge in [-0.2, -0.15) is 0 Å². The second-order valence-electron chi connectivity index (χ2n) is 8.30. The summed E-state index contributed by atoms with van der Waals surface area (Å²) in [5.41, 5.74) is 6.77. The monoisotopic (exact) mass is 400 g/mol. The number of carbonyl (C=O) groups is 2. The molecule has 1 aliphatic heterocycles. The normalized spacial score (nSPS) is 21.7. The Morgan fingerprint density at radius 2 is 1.86 bits per heavy atom. The fourth-order valence-electron chi connectivity index (χ4n) is 4.57. The molecule has 6 nitrogen and oxygen atoms in total. The molecular formula is C23H36N4O2. The van der Waals surface area contributed by atoms with E-state index in [4.69, 9.17) is 12.2 Å². The van der Waals surface area contributed by atoms with Gasteiger partial charge in [-0.05, 0) is 44.9 Å². The summed E-state index contributed by atoms with van der Waals surface area (Å²) in [6, 6.07) is -0.884. The van der Waals surface area contributed by atoms with Crippen LogP contribution < -0.4 is 16.4 Å². The Bertz CT molecular complexity index is 660. The number of hydrogen-bond donors (Lipinski definition) is 3. The highest BCUT2D eigenvalue weighted by molar-refractivity contribution is 5.89. The average Bonchev–Trinajstić information content (AvgIpc) is 3.19. The van der Waals surface area contributed by atoms with Gasteiger partial charge in [-0.15, -0.1) is 12.3 Å². The maximum absolute atomic E-state index is 13.0. The summed E-state index contributed by atoms with van der Waals surface area (Å²) < 4.78 is 0. The van der Waals surface area contributed by atoms with Crippen molar-refractivity contribution in [3.63, 3.8) is 0 Å². The van der Waals surface area contributed by atoms with Crippen LogP contribution >= 0.6 is 0 Å². The number of likely N-dealkylation sites (tertiary alicyclic amines) is 1. The van der Waals surface area contributed by atoms with Crippen LogP contribution in [0, 0.1) is 18.3 Å². The Balaban J connectivity index is 2.10. The maximum atomic E-state index is 13.0. The highest BCUT2D eigenvalue weighted by atomic mass is 16.2. The molecule has 2 rings (SSSR count). The van der Waals surface area contributed by atoms with Gasteiger partial charge in [0.2, 0.25) is 5.91 Å². The first-order chi connectivity index (χ1) is 13.8. The Labute approximate surface area is 175 Å². The van der Waals surface area contributed by atoms with Crippen LogP contribution in [-0.4, -0.2) is 41.3 Å². The van der Waals surface area contributed by atoms with Crippen molar-refractivity contribution in [3.05, 3.63) is 24.7 Å². The van der Waals surface area contributed by atoms with Crippen LogP contribution in [0.15, 0.2) is 24.7 Å². The van der Waals surface area contributed by atoms with Crippen LogP contribution in [0.1, 0.15) is 64.7 Å². The Hall–Kier alpha value is -2.42. The van der Waals surface area contributed by atoms with Crippen LogP contribution in [0.4, 0.5) is 0 Å². The van der Waals surface area contributed by atoms with Crippen LogP contribution in [0.2, 0.25) is 0 Å². The predicted octanol–water partition coefficient (Wildman–Crippen LogP) is 2.42. The predicted molar refractivity (Wildman–Crippen MR) is 116 cm³/mol. The molecule has 29 heavy (non-hydrogen) atoms. The van der Waals surface area contributed by atoms with Gasteiger partial charge in [-0.25, -0.2) is 0 Å². The summed E-state index contributed by atoms with van der Waals surface area (Å²) in [6.07, 6.45) is 13.8. The first-order valence-corrected chi connectivity index (χ1v) is 10.8. The molecule has 1 amide bonds. The fraction of sp³-hybridized carbons (Fsp3) is 0.652. The van der Waals surface area contributed by atoms with Crippen LogP contribution in [0.25, 0.3) is 0 Å². The lowest BCUT2D eigenvalue weighted by molar-refractivity contribution is -0.129. The molecule has 4 N–H and O–H groups in total. The number of nitrogens with zero attached hydrogens (tertiary/aromatic N) is 1. The van der Waals surface area contributed by atoms with Gasteiger partial charge in [-0.1, -0.05) is 32.4 Å². The SMILES string of the molecule is C#CCCC(NC(=O)C1CCCN1C(=C)C(NC(=C)N)C1CCCCC1)C(C)=O. The summed E-state index contributed by atoms with van der Waals surface area (Å²) in [6.45, 7) is 10.4. The first kappa shape index (κ1) is 22.9. The zero-order valence-electron chi connectivity index (χ0n) is 17.7. The smallest absolute Gasteiger partial charge is 0.243 e. The third-order valence-corrected chi connectivity index (χ3v) is 6.13. The number of nitrogens with one attached hydrogen (secondary N) is 2. The molecule has 3 unspecified atom stereocenters. The van der Waals surface area contributed by atoms with Gasteiger partial charge < -0.3 is 21.3 Å². The largest absolute Gasteiger partial charge is 0.386 e. The minimum atomic E-state index is -0.537. The van der Waals surface area contributed by atoms with E-state index < -0.39 is 6.04 Å². The van der Waals surface area contributed by atoms with Gasteiger partial charge in [-0.3, -0.25) is 9.59 Å². The van der Waals surface area contributed by atoms with Crippen molar-refractivity contribution < 1.29 is 9.59 Å². The maximum Gasteiger partial charge on any atom is 0.243 e. The average molecular weight is 401 g/mol. The number of ketones is 1. The number of carbonyl (C=O) groups excluding carboxylic acids is 2. The molecule has 3 atom stereocenters. The minimum Gasteiger partial charge on any atom is -0.386 e. The molecule has 1 aliphatic carbocycles. The molecule has 160 valence electrons. The standard InChI is InChI=1S/C23H36N4O2/c1-5-6-13-20(17(3)28)26-23(29)21-14-10-15-27(21)16(2)22(25-18(4)24)19-11-8-7-9-12-19/h1,19-22,25H,2,4,6-15,24H2,3H3,(H,26,29). The van der Waals surface area contributed by atoms with E-state index in [-0.39, 0.29) is 23.8 Å². The Kier molecular flexibility index (Phi) is 8.63. The van der Waals surface area contributed by atoms with Crippen LogP contribution in [-0.2, 0) is 9.59 Å². The number of Topliss-reactive ketones (excluding diaryl/α,β-unsaturated/α-hetero) is 1. The first-order valence-electron chi connectivity index (χ1n) is 10.8. The van der Waals surface area contributed by atoms with Gasteiger partial charge in [0.15, 0.2) is 5.78 Å². The summed E-state index contributed by atoms with van der Waals surface area (Å²) in [4.78, 5) is 27.0. The topological polar surface area (TPSA) is 87.5 Å². The Morgan fingerprint density at radius 1 is 1.17 bits per heavy atom. The van der Waals surface area contributed by atoms with Gasteiger partial charge in [0.1, 0.15) is 6.04 Å². The number of terminal acetylenes is 1. The third kappa shape index (κ3) is 6.28. The lowest BCUT2D eigenvalue weighted by atomic mass is 9.82. The lowest BCUT2D eigenvalue weighted by Crippen LogP contribution is -2.52. The molecule has 1 heterocycles. The van der Waals surface area contributed by atoms with Gasteiger partial charge in [0, 0.05) is 18.7 Å². The summed E-state index contributed by atoms with van der Waals surface area (Å²) in [5, 5.41) is 6.21. The van der Waals surface area contributed by atoms with Crippen molar-refractivity contribution >= 4 is 11.7 Å². The molecule has 1 saturated heterocycles. The van der Waals surface area contributed by atoms with Crippen molar-refractivity contribution in [2.75, 3.05) is 6.54 Å². The Morgan fingerprint density at radius 3 is 2.45 bits per heavy atom. The second-order valence-corrected chi connectivity index (χ2v) is 8.30. The molecule has 0 radical (unpaired) electrons. The highest BCUT2D eigenvalue weighted by Crippen LogP contribution is 2.33. The van der Waals surface area contributed by atoms with Crippen LogP contribution in [0.3, 0.4) is 0 Å². The quantitative estimate of drug-likeness (QED) is 0.490. The molecule has 0 spiro atoms. The molecule has 0 aromatic rings. The van der Waals surface area contributed by atoms with E-state index in [2.05, 4.69) is 34.6 Å². The van der Waals surface area contributed by atoms with Gasteiger partial charge in [0.05, 0.1) is 17.9 Å². The molecule has 2 aliphatic rings. The zero-order valence-corrected chi connectivity index (χ0v) is 17.7. The minimum absolute atomic E-state index is 0.0220. The fourth-order valence-corrected chi connectivity index (χ4v) is 4.57. The van der Waals surface area contributed by atoms with Crippen molar-refractivity contribution in [3.8, 4) is 12.3 Å². The van der Waals surface area contributed by atoms with Gasteiger partial charge in [0.25, 0.3) is 0 Å². The van der Waals surface area contributed by atoms with Crippen molar-refractivity contribution in [2.24, 2.45) is 11.7 Å². The molecule has 0 bridgehead atoms. The molecule has 6 heteroatoms. The number of rotatable bonds is 10. The van der Waals surface area contributed by atoms with E-state index >= 15 is 0 Å². The third-order valence-electron chi connectivity index (χ3n) is 6.13. The van der Waals surface area contributed by atoms with Gasteiger partial charge >= 0.3 is 0 Å². The molecule has 2 fully saturated rings. The number of nitrogens with two attached hydrogens (primary N) is 1. The summed E-state index contributed by atoms with van der Waals surface area (Å²) >= 11 is 0. The molecular weight excluding hydrogens is 364 g/mol. The molecule has 1 saturated carbocycles. The summed E-state index contributed by atoms with van der Waals surface area (Å²) in [7, 11) is 0. The highest BCUT2D eigenvalue weighted by Gasteiger charge is 2.37. The van der Waals surface area contributed by atoms with Crippen molar-refractivity contribution in [1.29, 1.82) is 0 Å². The van der Waals surface area contributed by atoms with Crippen molar-refractivity contribution in [2.45, 2.75) is 82.8 Å². The van der Waals surface area contributed by atoms with E-state index in [1.54, 1.807) is 0 Å². The second kappa shape index (κ2) is 10.9. The van der Waals surface area contributed by atoms with Crippen molar-refractivity contribution in [1.82, 2.24) is 15.5 Å². The van der Waals surface area contributed by atoms with E-state index in [1.807, 2.05) is 0 Å². The molecule has 0 aromatic carbocycles. The number of hydrogen-bond acceptors (Lipinski definition) is 5. The van der Waals surface area contributed by atoms with E-state index in [0.717, 1.165) is 37.9 Å². The van der Waals surface area contributed by atoms with E-state index in [9.17, 15) is 9.59 Å². The summed E-state index contributed by atoms with van der Waals surface area (Å²) in [5.74, 6) is 3.19. The van der Waals surface area contributed by atoms with Crippen LogP contribution in [0.5, 0.6) is 0 Å². The zero-order chi connectivity index (χ0) is 21.4.